The van der Waals surface area contributed by atoms with Crippen LogP contribution in [0.4, 0.5) is 0 Å². The van der Waals surface area contributed by atoms with Gasteiger partial charge in [0.15, 0.2) is 0 Å². The van der Waals surface area contributed by atoms with E-state index in [1.165, 1.54) is 0 Å². The SMILES string of the molecule is COc1ccc(CNOCc2ccccc2)cc1Cl. The van der Waals surface area contributed by atoms with Crippen LogP contribution >= 0.6 is 11.6 Å². The normalized spacial score (nSPS) is 10.4. The zero-order chi connectivity index (χ0) is 13.5. The van der Waals surface area contributed by atoms with Gasteiger partial charge in [0.05, 0.1) is 18.7 Å². The Morgan fingerprint density at radius 1 is 1.05 bits per heavy atom. The van der Waals surface area contributed by atoms with Crippen molar-refractivity contribution in [1.82, 2.24) is 5.48 Å². The van der Waals surface area contributed by atoms with E-state index in [-0.39, 0.29) is 0 Å². The predicted molar refractivity (Wildman–Crippen MR) is 76.1 cm³/mol. The highest BCUT2D eigenvalue weighted by Crippen LogP contribution is 2.24. The predicted octanol–water partition coefficient (Wildman–Crippen LogP) is 3.57. The number of nitrogens with one attached hydrogen (secondary N) is 1. The molecule has 19 heavy (non-hydrogen) atoms. The first kappa shape index (κ1) is 13.9. The van der Waals surface area contributed by atoms with Crippen LogP contribution in [0.15, 0.2) is 48.5 Å². The van der Waals surface area contributed by atoms with Gasteiger partial charge >= 0.3 is 0 Å². The zero-order valence-corrected chi connectivity index (χ0v) is 11.5. The molecule has 0 fully saturated rings. The largest absolute Gasteiger partial charge is 0.495 e. The fourth-order valence-corrected chi connectivity index (χ4v) is 1.94. The molecule has 0 aliphatic rings. The molecular formula is C15H16ClNO2. The molecule has 0 saturated carbocycles. The topological polar surface area (TPSA) is 30.5 Å². The minimum atomic E-state index is 0.532. The van der Waals surface area contributed by atoms with Gasteiger partial charge in [0.2, 0.25) is 0 Å². The summed E-state index contributed by atoms with van der Waals surface area (Å²) in [6.07, 6.45) is 0. The third-order valence-electron chi connectivity index (χ3n) is 2.68. The van der Waals surface area contributed by atoms with Crippen molar-refractivity contribution in [2.75, 3.05) is 7.11 Å². The molecule has 0 aliphatic carbocycles. The molecule has 1 N–H and O–H groups in total. The lowest BCUT2D eigenvalue weighted by Gasteiger charge is -2.08. The molecule has 0 spiro atoms. The standard InChI is InChI=1S/C15H16ClNO2/c1-18-15-8-7-13(9-14(15)16)10-17-19-11-12-5-3-2-4-6-12/h2-9,17H,10-11H2,1H3. The number of hydroxylamine groups is 1. The van der Waals surface area contributed by atoms with Crippen LogP contribution in [0.5, 0.6) is 5.75 Å². The smallest absolute Gasteiger partial charge is 0.137 e. The highest BCUT2D eigenvalue weighted by atomic mass is 35.5. The number of ether oxygens (including phenoxy) is 1. The molecule has 0 radical (unpaired) electrons. The van der Waals surface area contributed by atoms with Crippen LogP contribution < -0.4 is 10.2 Å². The number of hydrogen-bond donors (Lipinski definition) is 1. The van der Waals surface area contributed by atoms with Gasteiger partial charge in [0.25, 0.3) is 0 Å². The van der Waals surface area contributed by atoms with Crippen molar-refractivity contribution in [2.24, 2.45) is 0 Å². The molecule has 0 aromatic heterocycles. The maximum Gasteiger partial charge on any atom is 0.137 e. The van der Waals surface area contributed by atoms with Gasteiger partial charge in [-0.05, 0) is 23.3 Å². The van der Waals surface area contributed by atoms with E-state index in [2.05, 4.69) is 5.48 Å². The molecule has 0 heterocycles. The molecule has 0 aliphatic heterocycles. The second-order valence-corrected chi connectivity index (χ2v) is 4.47. The second-order valence-electron chi connectivity index (χ2n) is 4.06. The van der Waals surface area contributed by atoms with Crippen LogP contribution in [0.1, 0.15) is 11.1 Å². The van der Waals surface area contributed by atoms with E-state index in [9.17, 15) is 0 Å². The Morgan fingerprint density at radius 2 is 1.84 bits per heavy atom. The number of methoxy groups -OCH3 is 1. The van der Waals surface area contributed by atoms with Crippen molar-refractivity contribution in [3.05, 3.63) is 64.7 Å². The summed E-state index contributed by atoms with van der Waals surface area (Å²) in [5.41, 5.74) is 5.08. The van der Waals surface area contributed by atoms with Crippen LogP contribution in [-0.4, -0.2) is 7.11 Å². The van der Waals surface area contributed by atoms with Crippen molar-refractivity contribution in [3.63, 3.8) is 0 Å². The average Bonchev–Trinajstić information content (AvgIpc) is 2.45. The molecule has 0 unspecified atom stereocenters. The molecule has 2 aromatic carbocycles. The van der Waals surface area contributed by atoms with Crippen LogP contribution in [0.2, 0.25) is 5.02 Å². The molecule has 2 rings (SSSR count). The van der Waals surface area contributed by atoms with Crippen molar-refractivity contribution >= 4 is 11.6 Å². The molecule has 0 bridgehead atoms. The Labute approximate surface area is 118 Å². The minimum Gasteiger partial charge on any atom is -0.495 e. The number of hydrogen-bond acceptors (Lipinski definition) is 3. The van der Waals surface area contributed by atoms with Gasteiger partial charge in [0, 0.05) is 6.54 Å². The first-order valence-electron chi connectivity index (χ1n) is 6.00. The molecule has 0 amide bonds. The summed E-state index contributed by atoms with van der Waals surface area (Å²) in [4.78, 5) is 5.40. The maximum absolute atomic E-state index is 6.04. The van der Waals surface area contributed by atoms with Crippen molar-refractivity contribution in [2.45, 2.75) is 13.2 Å². The highest BCUT2D eigenvalue weighted by molar-refractivity contribution is 6.32. The molecule has 4 heteroatoms. The van der Waals surface area contributed by atoms with Gasteiger partial charge in [-0.3, -0.25) is 4.84 Å². The Kier molecular flexibility index (Phi) is 5.21. The van der Waals surface area contributed by atoms with E-state index in [4.69, 9.17) is 21.2 Å². The zero-order valence-electron chi connectivity index (χ0n) is 10.7. The van der Waals surface area contributed by atoms with E-state index in [1.54, 1.807) is 7.11 Å². The van der Waals surface area contributed by atoms with Crippen LogP contribution in [-0.2, 0) is 18.0 Å². The third-order valence-corrected chi connectivity index (χ3v) is 2.97. The van der Waals surface area contributed by atoms with Gasteiger partial charge in [0.1, 0.15) is 5.75 Å². The van der Waals surface area contributed by atoms with Crippen molar-refractivity contribution in [3.8, 4) is 5.75 Å². The second kappa shape index (κ2) is 7.14. The van der Waals surface area contributed by atoms with Gasteiger partial charge < -0.3 is 4.74 Å². The van der Waals surface area contributed by atoms with Gasteiger partial charge in [-0.2, -0.15) is 5.48 Å². The van der Waals surface area contributed by atoms with Crippen LogP contribution in [0.3, 0.4) is 0 Å². The van der Waals surface area contributed by atoms with Gasteiger partial charge in [-0.25, -0.2) is 0 Å². The number of halogens is 1. The molecule has 100 valence electrons. The van der Waals surface area contributed by atoms with Gasteiger partial charge in [-0.1, -0.05) is 48.0 Å². The summed E-state index contributed by atoms with van der Waals surface area (Å²) in [5.74, 6) is 0.677. The first-order valence-corrected chi connectivity index (χ1v) is 6.38. The quantitative estimate of drug-likeness (QED) is 0.647. The van der Waals surface area contributed by atoms with E-state index >= 15 is 0 Å². The van der Waals surface area contributed by atoms with E-state index in [0.717, 1.165) is 11.1 Å². The van der Waals surface area contributed by atoms with Crippen LogP contribution in [0, 0.1) is 0 Å². The highest BCUT2D eigenvalue weighted by Gasteiger charge is 2.01. The Balaban J connectivity index is 1.78. The maximum atomic E-state index is 6.04. The van der Waals surface area contributed by atoms with E-state index in [0.29, 0.717) is 23.9 Å². The third kappa shape index (κ3) is 4.24. The molecule has 0 saturated heterocycles. The fraction of sp³-hybridized carbons (Fsp3) is 0.200. The fourth-order valence-electron chi connectivity index (χ4n) is 1.66. The van der Waals surface area contributed by atoms with E-state index in [1.807, 2.05) is 48.5 Å². The molecule has 0 atom stereocenters. The number of rotatable bonds is 6. The summed E-state index contributed by atoms with van der Waals surface area (Å²) in [7, 11) is 1.60. The number of benzene rings is 2. The summed E-state index contributed by atoms with van der Waals surface area (Å²) in [5, 5.41) is 0.602. The van der Waals surface area contributed by atoms with Crippen LogP contribution in [0.25, 0.3) is 0 Å². The average molecular weight is 278 g/mol. The first-order chi connectivity index (χ1) is 9.29. The Bertz CT molecular complexity index is 517. The summed E-state index contributed by atoms with van der Waals surface area (Å²) in [6.45, 7) is 1.13. The minimum absolute atomic E-state index is 0.532. The summed E-state index contributed by atoms with van der Waals surface area (Å²) in [6, 6.07) is 15.7. The Hall–Kier alpha value is -1.55. The monoisotopic (exact) mass is 277 g/mol. The molecule has 3 nitrogen and oxygen atoms in total. The summed E-state index contributed by atoms with van der Waals surface area (Å²) >= 11 is 6.04. The molecular weight excluding hydrogens is 262 g/mol. The molecule has 2 aromatic rings. The lowest BCUT2D eigenvalue weighted by atomic mass is 10.2. The summed E-state index contributed by atoms with van der Waals surface area (Å²) < 4.78 is 5.10. The Morgan fingerprint density at radius 3 is 2.53 bits per heavy atom. The van der Waals surface area contributed by atoms with Crippen molar-refractivity contribution < 1.29 is 9.57 Å². The van der Waals surface area contributed by atoms with Gasteiger partial charge in [-0.15, -0.1) is 0 Å². The van der Waals surface area contributed by atoms with E-state index < -0.39 is 0 Å². The lowest BCUT2D eigenvalue weighted by molar-refractivity contribution is 0.0235. The van der Waals surface area contributed by atoms with Crippen molar-refractivity contribution in [1.29, 1.82) is 0 Å². The lowest BCUT2D eigenvalue weighted by Crippen LogP contribution is -2.13.